The fourth-order valence-electron chi connectivity index (χ4n) is 6.80. The smallest absolute Gasteiger partial charge is 0.189 e. The number of imidazole rings is 1. The van der Waals surface area contributed by atoms with E-state index in [4.69, 9.17) is 9.72 Å². The summed E-state index contributed by atoms with van der Waals surface area (Å²) in [4.78, 5) is 12.6. The fourth-order valence-corrected chi connectivity index (χ4v) is 6.80. The third-order valence-electron chi connectivity index (χ3n) is 8.96. The summed E-state index contributed by atoms with van der Waals surface area (Å²) in [6, 6.07) is 11.8. The van der Waals surface area contributed by atoms with Crippen molar-refractivity contribution in [1.29, 1.82) is 0 Å². The molecule has 2 aliphatic rings. The first-order valence-electron chi connectivity index (χ1n) is 16.4. The van der Waals surface area contributed by atoms with Gasteiger partial charge < -0.3 is 19.1 Å². The second-order valence-electron chi connectivity index (χ2n) is 12.0. The predicted octanol–water partition coefficient (Wildman–Crippen LogP) is 7.67. The van der Waals surface area contributed by atoms with Crippen molar-refractivity contribution in [3.05, 3.63) is 83.8 Å². The highest BCUT2D eigenvalue weighted by Crippen LogP contribution is 2.35. The van der Waals surface area contributed by atoms with Crippen LogP contribution in [0.3, 0.4) is 0 Å². The number of allylic oxidation sites excluding steroid dienone is 4. The number of fused-ring (bicyclic) bond motifs is 1. The standard InChI is InChI=1S/C36H55N5O/c1-6-8-9-10-11-15-25-39-27-23-35-34(29-39)37-30(3)41(35)33-22-16-21-32(28-33)38(4)24-17-26-40(36(42-5)18-7-2)31-19-13-12-14-20-31/h8-14,18-20,32-33H,6-7,15-17,21-29H2,1-5H3/b9-8-,11-10-,36-18-. The lowest BCUT2D eigenvalue weighted by molar-refractivity contribution is 0.155. The van der Waals surface area contributed by atoms with Gasteiger partial charge in [-0.2, -0.15) is 0 Å². The average Bonchev–Trinajstić information content (AvgIpc) is 3.35. The van der Waals surface area contributed by atoms with E-state index in [0.717, 1.165) is 70.7 Å². The highest BCUT2D eigenvalue weighted by Gasteiger charge is 2.31. The summed E-state index contributed by atoms with van der Waals surface area (Å²) in [5, 5.41) is 0. The van der Waals surface area contributed by atoms with E-state index in [9.17, 15) is 0 Å². The lowest BCUT2D eigenvalue weighted by Crippen LogP contribution is -2.39. The highest BCUT2D eigenvalue weighted by molar-refractivity contribution is 5.50. The van der Waals surface area contributed by atoms with Gasteiger partial charge in [0.05, 0.1) is 12.8 Å². The van der Waals surface area contributed by atoms with E-state index in [-0.39, 0.29) is 0 Å². The van der Waals surface area contributed by atoms with Gasteiger partial charge in [0, 0.05) is 56.1 Å². The zero-order valence-electron chi connectivity index (χ0n) is 27.0. The number of aromatic nitrogens is 2. The van der Waals surface area contributed by atoms with Gasteiger partial charge in [-0.05, 0) is 90.1 Å². The third-order valence-corrected chi connectivity index (χ3v) is 8.96. The number of ether oxygens (including phenoxy) is 1. The minimum absolute atomic E-state index is 0.565. The molecule has 230 valence electrons. The lowest BCUT2D eigenvalue weighted by Gasteiger charge is -2.38. The highest BCUT2D eigenvalue weighted by atomic mass is 16.5. The van der Waals surface area contributed by atoms with Crippen LogP contribution in [0.1, 0.15) is 88.5 Å². The maximum atomic E-state index is 5.79. The van der Waals surface area contributed by atoms with Gasteiger partial charge in [-0.3, -0.25) is 4.90 Å². The van der Waals surface area contributed by atoms with Gasteiger partial charge in [0.15, 0.2) is 5.88 Å². The molecule has 2 unspecified atom stereocenters. The zero-order valence-corrected chi connectivity index (χ0v) is 27.0. The summed E-state index contributed by atoms with van der Waals surface area (Å²) >= 11 is 0. The van der Waals surface area contributed by atoms with Gasteiger partial charge in [-0.1, -0.05) is 56.4 Å². The van der Waals surface area contributed by atoms with Crippen molar-refractivity contribution in [3.63, 3.8) is 0 Å². The van der Waals surface area contributed by atoms with Crippen LogP contribution in [-0.2, 0) is 17.7 Å². The molecule has 1 aliphatic heterocycles. The van der Waals surface area contributed by atoms with E-state index in [1.54, 1.807) is 7.11 Å². The van der Waals surface area contributed by atoms with Crippen molar-refractivity contribution in [2.24, 2.45) is 0 Å². The molecular weight excluding hydrogens is 518 g/mol. The number of anilines is 1. The Kier molecular flexibility index (Phi) is 12.8. The van der Waals surface area contributed by atoms with Gasteiger partial charge in [-0.25, -0.2) is 4.98 Å². The molecule has 2 aromatic rings. The number of hydrogen-bond donors (Lipinski definition) is 0. The van der Waals surface area contributed by atoms with Gasteiger partial charge in [0.1, 0.15) is 5.82 Å². The van der Waals surface area contributed by atoms with E-state index < -0.39 is 0 Å². The summed E-state index contributed by atoms with van der Waals surface area (Å²) in [5.74, 6) is 2.16. The van der Waals surface area contributed by atoms with Gasteiger partial charge >= 0.3 is 0 Å². The maximum Gasteiger partial charge on any atom is 0.189 e. The molecule has 1 aliphatic carbocycles. The molecule has 42 heavy (non-hydrogen) atoms. The third kappa shape index (κ3) is 8.61. The molecule has 1 fully saturated rings. The Morgan fingerprint density at radius 1 is 1.07 bits per heavy atom. The summed E-state index contributed by atoms with van der Waals surface area (Å²) < 4.78 is 8.43. The molecule has 0 amide bonds. The van der Waals surface area contributed by atoms with Crippen LogP contribution in [-0.4, -0.2) is 65.7 Å². The number of methoxy groups -OCH3 is 1. The first kappa shape index (κ1) is 32.1. The molecule has 6 heteroatoms. The number of nitrogens with zero attached hydrogens (tertiary/aromatic N) is 5. The van der Waals surface area contributed by atoms with Crippen LogP contribution in [0.15, 0.2) is 66.6 Å². The van der Waals surface area contributed by atoms with Crippen LogP contribution < -0.4 is 4.90 Å². The lowest BCUT2D eigenvalue weighted by atomic mass is 9.89. The van der Waals surface area contributed by atoms with Crippen molar-refractivity contribution in [3.8, 4) is 0 Å². The molecule has 6 nitrogen and oxygen atoms in total. The Morgan fingerprint density at radius 2 is 1.88 bits per heavy atom. The van der Waals surface area contributed by atoms with Crippen LogP contribution >= 0.6 is 0 Å². The van der Waals surface area contributed by atoms with Gasteiger partial charge in [0.25, 0.3) is 0 Å². The second-order valence-corrected chi connectivity index (χ2v) is 12.0. The molecule has 2 heterocycles. The molecular formula is C36H55N5O. The number of aryl methyl sites for hydroxylation is 1. The first-order valence-corrected chi connectivity index (χ1v) is 16.4. The van der Waals surface area contributed by atoms with E-state index in [1.807, 2.05) is 0 Å². The number of para-hydroxylation sites is 1. The van der Waals surface area contributed by atoms with E-state index >= 15 is 0 Å². The topological polar surface area (TPSA) is 36.8 Å². The molecule has 0 radical (unpaired) electrons. The summed E-state index contributed by atoms with van der Waals surface area (Å²) in [6.45, 7) is 11.8. The molecule has 1 aromatic carbocycles. The minimum atomic E-state index is 0.565. The Hall–Kier alpha value is -2.83. The number of hydrogen-bond acceptors (Lipinski definition) is 5. The molecule has 0 bridgehead atoms. The van der Waals surface area contributed by atoms with Crippen molar-refractivity contribution in [1.82, 2.24) is 19.4 Å². The molecule has 1 aromatic heterocycles. The van der Waals surface area contributed by atoms with Crippen LogP contribution in [0.2, 0.25) is 0 Å². The first-order chi connectivity index (χ1) is 20.5. The van der Waals surface area contributed by atoms with E-state index in [0.29, 0.717) is 12.1 Å². The van der Waals surface area contributed by atoms with E-state index in [2.05, 4.69) is 108 Å². The van der Waals surface area contributed by atoms with Crippen LogP contribution in [0, 0.1) is 6.92 Å². The van der Waals surface area contributed by atoms with Crippen molar-refractivity contribution in [2.45, 2.75) is 97.2 Å². The Morgan fingerprint density at radius 3 is 2.64 bits per heavy atom. The SMILES string of the molecule is CC/C=C\C=C/CCN1CCc2c(nc(C)n2C2CCCC(N(C)CCCN(/C(=C/CC)OC)c3ccccc3)C2)C1. The van der Waals surface area contributed by atoms with Gasteiger partial charge in [0.2, 0.25) is 0 Å². The molecule has 0 saturated heterocycles. The van der Waals surface area contributed by atoms with Crippen molar-refractivity contribution >= 4 is 5.69 Å². The monoisotopic (exact) mass is 573 g/mol. The summed E-state index contributed by atoms with van der Waals surface area (Å²) in [7, 11) is 4.12. The number of benzene rings is 1. The zero-order chi connectivity index (χ0) is 29.7. The minimum Gasteiger partial charge on any atom is -0.482 e. The largest absolute Gasteiger partial charge is 0.482 e. The quantitative estimate of drug-likeness (QED) is 0.161. The Balaban J connectivity index is 1.32. The molecule has 1 saturated carbocycles. The van der Waals surface area contributed by atoms with Crippen molar-refractivity contribution < 1.29 is 4.74 Å². The maximum absolute atomic E-state index is 5.79. The summed E-state index contributed by atoms with van der Waals surface area (Å²) in [6.07, 6.45) is 21.5. The molecule has 0 spiro atoms. The summed E-state index contributed by atoms with van der Waals surface area (Å²) in [5.41, 5.74) is 4.02. The average molecular weight is 574 g/mol. The normalized spacial score (nSPS) is 20.1. The van der Waals surface area contributed by atoms with Crippen LogP contribution in [0.25, 0.3) is 0 Å². The second kappa shape index (κ2) is 16.7. The molecule has 2 atom stereocenters. The number of rotatable bonds is 15. The van der Waals surface area contributed by atoms with Crippen LogP contribution in [0.5, 0.6) is 0 Å². The predicted molar refractivity (Wildman–Crippen MR) is 177 cm³/mol. The Labute approximate surface area is 255 Å². The Bertz CT molecular complexity index is 1170. The molecule has 0 N–H and O–H groups in total. The fraction of sp³-hybridized carbons (Fsp3) is 0.583. The molecule has 4 rings (SSSR count). The van der Waals surface area contributed by atoms with E-state index in [1.165, 1.54) is 48.6 Å². The van der Waals surface area contributed by atoms with Crippen LogP contribution in [0.4, 0.5) is 5.69 Å². The van der Waals surface area contributed by atoms with Gasteiger partial charge in [-0.15, -0.1) is 0 Å². The van der Waals surface area contributed by atoms with Crippen molar-refractivity contribution in [2.75, 3.05) is 45.2 Å².